The van der Waals surface area contributed by atoms with Crippen molar-refractivity contribution in [2.45, 2.75) is 59.4 Å². The predicted molar refractivity (Wildman–Crippen MR) is 143 cm³/mol. The van der Waals surface area contributed by atoms with Crippen molar-refractivity contribution in [3.05, 3.63) is 54.2 Å². The summed E-state index contributed by atoms with van der Waals surface area (Å²) in [6.45, 7) is 11.9. The van der Waals surface area contributed by atoms with Crippen molar-refractivity contribution >= 4 is 29.8 Å². The number of rotatable bonds is 4. The molecule has 1 aromatic heterocycles. The molecule has 38 heavy (non-hydrogen) atoms. The van der Waals surface area contributed by atoms with E-state index in [9.17, 15) is 14.4 Å². The summed E-state index contributed by atoms with van der Waals surface area (Å²) >= 11 is 0. The van der Waals surface area contributed by atoms with E-state index < -0.39 is 29.5 Å². The van der Waals surface area contributed by atoms with E-state index in [1.54, 1.807) is 53.7 Å². The van der Waals surface area contributed by atoms with Gasteiger partial charge in [-0.3, -0.25) is 5.32 Å². The van der Waals surface area contributed by atoms with Crippen LogP contribution in [0.25, 0.3) is 0 Å². The second-order valence-electron chi connectivity index (χ2n) is 10.8. The van der Waals surface area contributed by atoms with E-state index in [2.05, 4.69) is 10.3 Å². The zero-order chi connectivity index (χ0) is 27.9. The number of pyridine rings is 1. The molecule has 0 bridgehead atoms. The van der Waals surface area contributed by atoms with E-state index in [0.29, 0.717) is 24.6 Å². The fourth-order valence-electron chi connectivity index (χ4n) is 3.55. The van der Waals surface area contributed by atoms with Crippen molar-refractivity contribution in [2.24, 2.45) is 0 Å². The van der Waals surface area contributed by atoms with E-state index in [1.165, 1.54) is 16.2 Å². The number of nitrogens with one attached hydrogen (secondary N) is 1. The number of amides is 3. The number of aromatic nitrogens is 1. The van der Waals surface area contributed by atoms with E-state index in [1.807, 2.05) is 35.2 Å². The van der Waals surface area contributed by atoms with Gasteiger partial charge >= 0.3 is 18.3 Å². The van der Waals surface area contributed by atoms with E-state index in [-0.39, 0.29) is 19.7 Å². The molecule has 11 nitrogen and oxygen atoms in total. The zero-order valence-corrected chi connectivity index (χ0v) is 22.9. The SMILES string of the molecule is CC(C)(C)OC(=O)N1CCN(c2ccc(NC(=O)OCc3ccccc3)cn2)CCN1C(=O)OC(C)(C)C. The lowest BCUT2D eigenvalue weighted by atomic mass is 10.2. The van der Waals surface area contributed by atoms with Gasteiger partial charge in [0, 0.05) is 13.1 Å². The van der Waals surface area contributed by atoms with Crippen LogP contribution in [0.1, 0.15) is 47.1 Å². The number of ether oxygens (including phenoxy) is 3. The number of hydrogen-bond acceptors (Lipinski definition) is 8. The number of benzene rings is 1. The molecule has 0 atom stereocenters. The van der Waals surface area contributed by atoms with E-state index in [4.69, 9.17) is 14.2 Å². The highest BCUT2D eigenvalue weighted by Gasteiger charge is 2.35. The average molecular weight is 528 g/mol. The smallest absolute Gasteiger partial charge is 0.429 e. The lowest BCUT2D eigenvalue weighted by Crippen LogP contribution is -2.53. The largest absolute Gasteiger partial charge is 0.444 e. The maximum absolute atomic E-state index is 12.9. The highest BCUT2D eigenvalue weighted by atomic mass is 16.6. The van der Waals surface area contributed by atoms with Gasteiger partial charge < -0.3 is 19.1 Å². The molecule has 1 aliphatic rings. The Kier molecular flexibility index (Phi) is 9.03. The summed E-state index contributed by atoms with van der Waals surface area (Å²) < 4.78 is 16.3. The Morgan fingerprint density at radius 1 is 0.816 bits per heavy atom. The van der Waals surface area contributed by atoms with E-state index in [0.717, 1.165) is 5.56 Å². The van der Waals surface area contributed by atoms with Crippen molar-refractivity contribution in [2.75, 3.05) is 36.4 Å². The third-order valence-corrected chi connectivity index (χ3v) is 5.19. The number of hydrazine groups is 1. The standard InChI is InChI=1S/C27H37N5O6/c1-26(2,3)37-24(34)31-16-14-30(15-17-32(31)25(35)38-27(4,5)6)22-13-12-21(18-28-22)29-23(33)36-19-20-10-8-7-9-11-20/h7-13,18H,14-17,19H2,1-6H3,(H,29,33). The lowest BCUT2D eigenvalue weighted by Gasteiger charge is -2.35. The Balaban J connectivity index is 1.65. The molecule has 0 aliphatic carbocycles. The molecular weight excluding hydrogens is 490 g/mol. The highest BCUT2D eigenvalue weighted by molar-refractivity contribution is 5.84. The number of nitrogens with zero attached hydrogens (tertiary/aromatic N) is 4. The lowest BCUT2D eigenvalue weighted by molar-refractivity contribution is -0.0572. The molecule has 2 heterocycles. The second-order valence-corrected chi connectivity index (χ2v) is 10.8. The molecule has 1 saturated heterocycles. The third-order valence-electron chi connectivity index (χ3n) is 5.19. The van der Waals surface area contributed by atoms with Crippen LogP contribution >= 0.6 is 0 Å². The Bertz CT molecular complexity index is 1060. The predicted octanol–water partition coefficient (Wildman–Crippen LogP) is 5.04. The zero-order valence-electron chi connectivity index (χ0n) is 22.9. The van der Waals surface area contributed by atoms with Gasteiger partial charge in [-0.25, -0.2) is 29.4 Å². The van der Waals surface area contributed by atoms with Crippen molar-refractivity contribution in [3.8, 4) is 0 Å². The molecular formula is C27H37N5O6. The normalized spacial score (nSPS) is 14.4. The molecule has 3 rings (SSSR count). The van der Waals surface area contributed by atoms with E-state index >= 15 is 0 Å². The third kappa shape index (κ3) is 8.82. The summed E-state index contributed by atoms with van der Waals surface area (Å²) in [6.07, 6.45) is -0.320. The Morgan fingerprint density at radius 3 is 1.84 bits per heavy atom. The molecule has 0 radical (unpaired) electrons. The van der Waals surface area contributed by atoms with Crippen LogP contribution in [-0.2, 0) is 20.8 Å². The molecule has 206 valence electrons. The maximum Gasteiger partial charge on any atom is 0.429 e. The molecule has 1 aromatic carbocycles. The molecule has 1 fully saturated rings. The van der Waals surface area contributed by atoms with Crippen LogP contribution in [-0.4, -0.2) is 70.7 Å². The minimum atomic E-state index is -0.727. The molecule has 1 aliphatic heterocycles. The fourth-order valence-corrected chi connectivity index (χ4v) is 3.55. The van der Waals surface area contributed by atoms with Crippen LogP contribution in [0.5, 0.6) is 0 Å². The van der Waals surface area contributed by atoms with Crippen LogP contribution in [0, 0.1) is 0 Å². The van der Waals surface area contributed by atoms with Gasteiger partial charge in [-0.1, -0.05) is 30.3 Å². The molecule has 0 unspecified atom stereocenters. The van der Waals surface area contributed by atoms with Crippen molar-refractivity contribution in [1.29, 1.82) is 0 Å². The summed E-state index contributed by atoms with van der Waals surface area (Å²) in [7, 11) is 0. The summed E-state index contributed by atoms with van der Waals surface area (Å²) in [5, 5.41) is 5.21. The number of carbonyl (C=O) groups is 3. The van der Waals surface area contributed by atoms with Gasteiger partial charge in [-0.2, -0.15) is 0 Å². The monoisotopic (exact) mass is 527 g/mol. The molecule has 0 saturated carbocycles. The van der Waals surface area contributed by atoms with Crippen LogP contribution in [0.3, 0.4) is 0 Å². The fraction of sp³-hybridized carbons (Fsp3) is 0.481. The number of anilines is 2. The quantitative estimate of drug-likeness (QED) is 0.550. The van der Waals surface area contributed by atoms with Gasteiger partial charge in [-0.05, 0) is 59.2 Å². The summed E-state index contributed by atoms with van der Waals surface area (Å²) in [5.74, 6) is 0.628. The minimum absolute atomic E-state index is 0.161. The van der Waals surface area contributed by atoms with Gasteiger partial charge in [0.15, 0.2) is 0 Å². The maximum atomic E-state index is 12.9. The summed E-state index contributed by atoms with van der Waals surface area (Å²) in [5.41, 5.74) is -0.0875. The van der Waals surface area contributed by atoms with Gasteiger partial charge in [-0.15, -0.1) is 0 Å². The molecule has 2 aromatic rings. The first-order chi connectivity index (χ1) is 17.8. The van der Waals surface area contributed by atoms with Crippen molar-refractivity contribution in [3.63, 3.8) is 0 Å². The summed E-state index contributed by atoms with van der Waals surface area (Å²) in [4.78, 5) is 44.4. The first kappa shape index (κ1) is 28.5. The molecule has 3 amide bonds. The van der Waals surface area contributed by atoms with Gasteiger partial charge in [0.05, 0.1) is 25.0 Å². The molecule has 0 spiro atoms. The minimum Gasteiger partial charge on any atom is -0.444 e. The molecule has 11 heteroatoms. The molecule has 1 N–H and O–H groups in total. The van der Waals surface area contributed by atoms with Gasteiger partial charge in [0.2, 0.25) is 0 Å². The Morgan fingerprint density at radius 2 is 1.37 bits per heavy atom. The van der Waals surface area contributed by atoms with Crippen LogP contribution < -0.4 is 10.2 Å². The van der Waals surface area contributed by atoms with Crippen molar-refractivity contribution < 1.29 is 28.6 Å². The highest BCUT2D eigenvalue weighted by Crippen LogP contribution is 2.20. The number of hydrogen-bond donors (Lipinski definition) is 1. The summed E-state index contributed by atoms with van der Waals surface area (Å²) in [6, 6.07) is 12.9. The van der Waals surface area contributed by atoms with Gasteiger partial charge in [0.25, 0.3) is 0 Å². The average Bonchev–Trinajstić information content (AvgIpc) is 3.05. The number of carbonyl (C=O) groups excluding carboxylic acids is 3. The van der Waals surface area contributed by atoms with Crippen LogP contribution in [0.15, 0.2) is 48.7 Å². The Labute approximate surface area is 223 Å². The topological polar surface area (TPSA) is 114 Å². The first-order valence-corrected chi connectivity index (χ1v) is 12.5. The van der Waals surface area contributed by atoms with Crippen LogP contribution in [0.4, 0.5) is 25.9 Å². The second kappa shape index (κ2) is 12.0. The van der Waals surface area contributed by atoms with Gasteiger partial charge in [0.1, 0.15) is 23.6 Å². The van der Waals surface area contributed by atoms with Crippen LogP contribution in [0.2, 0.25) is 0 Å². The Hall–Kier alpha value is -4.02. The van der Waals surface area contributed by atoms with Crippen molar-refractivity contribution in [1.82, 2.24) is 15.0 Å². The first-order valence-electron chi connectivity index (χ1n) is 12.5.